The second-order valence-electron chi connectivity index (χ2n) is 7.28. The summed E-state index contributed by atoms with van der Waals surface area (Å²) < 4.78 is 6.04. The van der Waals surface area contributed by atoms with E-state index in [1.54, 1.807) is 0 Å². The molecule has 0 radical (unpaired) electrons. The summed E-state index contributed by atoms with van der Waals surface area (Å²) in [5.41, 5.74) is 1.39. The Morgan fingerprint density at radius 1 is 1.30 bits per heavy atom. The predicted molar refractivity (Wildman–Crippen MR) is 83.8 cm³/mol. The molecule has 0 saturated heterocycles. The van der Waals surface area contributed by atoms with E-state index >= 15 is 0 Å². The van der Waals surface area contributed by atoms with E-state index in [9.17, 15) is 0 Å². The van der Waals surface area contributed by atoms with Crippen LogP contribution in [-0.2, 0) is 13.1 Å². The van der Waals surface area contributed by atoms with Crippen molar-refractivity contribution < 1.29 is 4.42 Å². The van der Waals surface area contributed by atoms with Gasteiger partial charge in [0.15, 0.2) is 0 Å². The first-order valence-electron chi connectivity index (χ1n) is 7.88. The van der Waals surface area contributed by atoms with Crippen molar-refractivity contribution in [1.29, 1.82) is 0 Å². The molecule has 1 aromatic heterocycles. The highest BCUT2D eigenvalue weighted by Gasteiger charge is 2.21. The zero-order valence-electron chi connectivity index (χ0n) is 13.8. The number of nitrogens with one attached hydrogen (secondary N) is 1. The molecule has 1 aromatic rings. The third-order valence-electron chi connectivity index (χ3n) is 4.20. The number of nitrogens with zero attached hydrogens (tertiary/aromatic N) is 1. The van der Waals surface area contributed by atoms with Crippen LogP contribution in [0.4, 0.5) is 0 Å². The highest BCUT2D eigenvalue weighted by molar-refractivity contribution is 5.20. The highest BCUT2D eigenvalue weighted by atomic mass is 16.3. The van der Waals surface area contributed by atoms with Crippen molar-refractivity contribution in [3.63, 3.8) is 0 Å². The highest BCUT2D eigenvalue weighted by Crippen LogP contribution is 2.25. The lowest BCUT2D eigenvalue weighted by Gasteiger charge is -2.22. The zero-order valence-corrected chi connectivity index (χ0v) is 13.8. The van der Waals surface area contributed by atoms with Crippen LogP contribution in [0.25, 0.3) is 0 Å². The largest absolute Gasteiger partial charge is 0.463 e. The van der Waals surface area contributed by atoms with E-state index in [1.165, 1.54) is 31.2 Å². The van der Waals surface area contributed by atoms with Gasteiger partial charge in [0, 0.05) is 11.6 Å². The summed E-state index contributed by atoms with van der Waals surface area (Å²) in [4.78, 5) is 2.45. The van der Waals surface area contributed by atoms with E-state index in [2.05, 4.69) is 51.0 Å². The first kappa shape index (κ1) is 15.6. The summed E-state index contributed by atoms with van der Waals surface area (Å²) in [5.74, 6) is 2.18. The Labute approximate surface area is 123 Å². The standard InChI is InChI=1S/C17H30N2O/c1-13-10-15(12-19(5)14-8-6-7-9-14)20-16(13)11-18-17(2,3)4/h10,14,18H,6-9,11-12H2,1-5H3. The maximum Gasteiger partial charge on any atom is 0.120 e. The molecule has 3 nitrogen and oxygen atoms in total. The molecule has 1 aliphatic carbocycles. The lowest BCUT2D eigenvalue weighted by Crippen LogP contribution is -2.35. The predicted octanol–water partition coefficient (Wildman–Crippen LogP) is 3.85. The van der Waals surface area contributed by atoms with Crippen LogP contribution >= 0.6 is 0 Å². The monoisotopic (exact) mass is 278 g/mol. The van der Waals surface area contributed by atoms with Crippen molar-refractivity contribution in [2.45, 2.75) is 78.0 Å². The van der Waals surface area contributed by atoms with Gasteiger partial charge in [-0.15, -0.1) is 0 Å². The quantitative estimate of drug-likeness (QED) is 0.887. The van der Waals surface area contributed by atoms with Gasteiger partial charge in [0.2, 0.25) is 0 Å². The van der Waals surface area contributed by atoms with Gasteiger partial charge in [-0.25, -0.2) is 0 Å². The maximum absolute atomic E-state index is 6.04. The lowest BCUT2D eigenvalue weighted by atomic mass is 10.1. The van der Waals surface area contributed by atoms with Crippen LogP contribution in [0.2, 0.25) is 0 Å². The van der Waals surface area contributed by atoms with Crippen LogP contribution in [0.1, 0.15) is 63.5 Å². The van der Waals surface area contributed by atoms with Crippen LogP contribution in [0.3, 0.4) is 0 Å². The van der Waals surface area contributed by atoms with Gasteiger partial charge < -0.3 is 9.73 Å². The van der Waals surface area contributed by atoms with E-state index in [1.807, 2.05) is 0 Å². The SMILES string of the molecule is Cc1cc(CN(C)C2CCCC2)oc1CNC(C)(C)C. The fourth-order valence-electron chi connectivity index (χ4n) is 2.91. The molecule has 1 saturated carbocycles. The van der Waals surface area contributed by atoms with Crippen molar-refractivity contribution in [1.82, 2.24) is 10.2 Å². The average Bonchev–Trinajstić information content (AvgIpc) is 2.95. The Bertz CT molecular complexity index is 425. The molecule has 1 fully saturated rings. The van der Waals surface area contributed by atoms with E-state index in [-0.39, 0.29) is 5.54 Å². The minimum Gasteiger partial charge on any atom is -0.463 e. The summed E-state index contributed by atoms with van der Waals surface area (Å²) in [6.45, 7) is 10.4. The second-order valence-corrected chi connectivity index (χ2v) is 7.28. The Morgan fingerprint density at radius 3 is 2.55 bits per heavy atom. The summed E-state index contributed by atoms with van der Waals surface area (Å²) in [6.07, 6.45) is 5.45. The molecule has 114 valence electrons. The third kappa shape index (κ3) is 4.35. The van der Waals surface area contributed by atoms with Gasteiger partial charge in [-0.3, -0.25) is 4.90 Å². The molecule has 0 amide bonds. The minimum atomic E-state index is 0.125. The fourth-order valence-corrected chi connectivity index (χ4v) is 2.91. The van der Waals surface area contributed by atoms with E-state index in [4.69, 9.17) is 4.42 Å². The van der Waals surface area contributed by atoms with Gasteiger partial charge in [0.1, 0.15) is 11.5 Å². The first-order chi connectivity index (χ1) is 9.35. The summed E-state index contributed by atoms with van der Waals surface area (Å²) in [7, 11) is 2.22. The summed E-state index contributed by atoms with van der Waals surface area (Å²) in [5, 5.41) is 3.49. The normalized spacial score (nSPS) is 17.3. The van der Waals surface area contributed by atoms with Crippen LogP contribution in [0, 0.1) is 6.92 Å². The molecule has 0 atom stereocenters. The molecule has 0 aliphatic heterocycles. The third-order valence-corrected chi connectivity index (χ3v) is 4.20. The van der Waals surface area contributed by atoms with Gasteiger partial charge >= 0.3 is 0 Å². The molecule has 1 heterocycles. The Balaban J connectivity index is 1.92. The lowest BCUT2D eigenvalue weighted by molar-refractivity contribution is 0.216. The smallest absolute Gasteiger partial charge is 0.120 e. The van der Waals surface area contributed by atoms with Gasteiger partial charge in [0.05, 0.1) is 13.1 Å². The second kappa shape index (κ2) is 6.31. The molecule has 20 heavy (non-hydrogen) atoms. The maximum atomic E-state index is 6.04. The number of hydrogen-bond acceptors (Lipinski definition) is 3. The van der Waals surface area contributed by atoms with E-state index in [0.29, 0.717) is 0 Å². The molecule has 0 aromatic carbocycles. The van der Waals surface area contributed by atoms with Gasteiger partial charge in [-0.05, 0) is 59.2 Å². The Kier molecular flexibility index (Phi) is 4.92. The molecule has 0 unspecified atom stereocenters. The Morgan fingerprint density at radius 2 is 1.95 bits per heavy atom. The average molecular weight is 278 g/mol. The number of rotatable bonds is 5. The number of furan rings is 1. The van der Waals surface area contributed by atoms with Crippen molar-refractivity contribution in [3.05, 3.63) is 23.2 Å². The molecule has 0 bridgehead atoms. The van der Waals surface area contributed by atoms with Crippen LogP contribution in [0.5, 0.6) is 0 Å². The summed E-state index contributed by atoms with van der Waals surface area (Å²) >= 11 is 0. The molecule has 1 N–H and O–H groups in total. The Hall–Kier alpha value is -0.800. The van der Waals surface area contributed by atoms with E-state index in [0.717, 1.165) is 30.7 Å². The zero-order chi connectivity index (χ0) is 14.8. The van der Waals surface area contributed by atoms with Crippen molar-refractivity contribution in [3.8, 4) is 0 Å². The van der Waals surface area contributed by atoms with Crippen LogP contribution < -0.4 is 5.32 Å². The fraction of sp³-hybridized carbons (Fsp3) is 0.765. The first-order valence-corrected chi connectivity index (χ1v) is 7.88. The van der Waals surface area contributed by atoms with Crippen molar-refractivity contribution in [2.24, 2.45) is 0 Å². The molecule has 2 rings (SSSR count). The molecular formula is C17H30N2O. The van der Waals surface area contributed by atoms with Gasteiger partial charge in [-0.1, -0.05) is 12.8 Å². The van der Waals surface area contributed by atoms with Gasteiger partial charge in [-0.2, -0.15) is 0 Å². The number of hydrogen-bond donors (Lipinski definition) is 1. The van der Waals surface area contributed by atoms with Crippen molar-refractivity contribution in [2.75, 3.05) is 7.05 Å². The van der Waals surface area contributed by atoms with Crippen LogP contribution in [-0.4, -0.2) is 23.5 Å². The topological polar surface area (TPSA) is 28.4 Å². The van der Waals surface area contributed by atoms with Gasteiger partial charge in [0.25, 0.3) is 0 Å². The molecular weight excluding hydrogens is 248 g/mol. The minimum absolute atomic E-state index is 0.125. The van der Waals surface area contributed by atoms with Crippen molar-refractivity contribution >= 4 is 0 Å². The number of aryl methyl sites for hydroxylation is 1. The molecule has 0 spiro atoms. The molecule has 1 aliphatic rings. The van der Waals surface area contributed by atoms with E-state index < -0.39 is 0 Å². The molecule has 3 heteroatoms. The van der Waals surface area contributed by atoms with Crippen LogP contribution in [0.15, 0.2) is 10.5 Å². The summed E-state index contributed by atoms with van der Waals surface area (Å²) in [6, 6.07) is 2.95.